The number of rotatable bonds is 8. The summed E-state index contributed by atoms with van der Waals surface area (Å²) in [7, 11) is 1.64. The molecule has 6 heteroatoms. The van der Waals surface area contributed by atoms with Crippen LogP contribution in [0.15, 0.2) is 54.9 Å². The molecule has 6 nitrogen and oxygen atoms in total. The molecule has 0 bridgehead atoms. The first-order valence-electron chi connectivity index (χ1n) is 9.69. The number of benzene rings is 2. The molecule has 1 amide bonds. The fraction of sp³-hybridized carbons (Fsp3) is 0.261. The maximum atomic E-state index is 12.3. The lowest BCUT2D eigenvalue weighted by atomic mass is 10.1. The van der Waals surface area contributed by atoms with Crippen LogP contribution in [0.4, 0.5) is 11.6 Å². The maximum Gasteiger partial charge on any atom is 0.254 e. The van der Waals surface area contributed by atoms with Crippen molar-refractivity contribution in [2.45, 2.75) is 26.7 Å². The summed E-state index contributed by atoms with van der Waals surface area (Å²) < 4.78 is 5.15. The van der Waals surface area contributed by atoms with Crippen LogP contribution in [0.2, 0.25) is 0 Å². The zero-order valence-electron chi connectivity index (χ0n) is 17.0. The second kappa shape index (κ2) is 9.68. The van der Waals surface area contributed by atoms with Gasteiger partial charge in [0.1, 0.15) is 5.75 Å². The van der Waals surface area contributed by atoms with E-state index < -0.39 is 0 Å². The van der Waals surface area contributed by atoms with Crippen LogP contribution in [-0.4, -0.2) is 29.5 Å². The van der Waals surface area contributed by atoms with Crippen LogP contribution in [0.1, 0.15) is 34.0 Å². The number of para-hydroxylation sites is 1. The van der Waals surface area contributed by atoms with E-state index in [1.165, 1.54) is 5.56 Å². The molecule has 1 heterocycles. The van der Waals surface area contributed by atoms with Gasteiger partial charge < -0.3 is 15.4 Å². The van der Waals surface area contributed by atoms with Gasteiger partial charge in [0, 0.05) is 24.6 Å². The van der Waals surface area contributed by atoms with Crippen molar-refractivity contribution in [2.24, 2.45) is 0 Å². The first-order valence-corrected chi connectivity index (χ1v) is 9.69. The predicted molar refractivity (Wildman–Crippen MR) is 115 cm³/mol. The summed E-state index contributed by atoms with van der Waals surface area (Å²) in [5.41, 5.74) is 4.92. The molecule has 1 aromatic heterocycles. The molecule has 29 heavy (non-hydrogen) atoms. The Bertz CT molecular complexity index is 954. The molecule has 0 radical (unpaired) electrons. The fourth-order valence-electron chi connectivity index (χ4n) is 3.04. The number of methoxy groups -OCH3 is 1. The molecule has 0 aliphatic carbocycles. The Kier molecular flexibility index (Phi) is 6.79. The second-order valence-electron chi connectivity index (χ2n) is 6.74. The van der Waals surface area contributed by atoms with Gasteiger partial charge in [-0.2, -0.15) is 0 Å². The number of hydrogen-bond donors (Lipinski definition) is 2. The minimum atomic E-state index is -0.185. The molecule has 0 atom stereocenters. The van der Waals surface area contributed by atoms with Crippen LogP contribution >= 0.6 is 0 Å². The van der Waals surface area contributed by atoms with Crippen molar-refractivity contribution in [1.82, 2.24) is 15.3 Å². The lowest BCUT2D eigenvalue weighted by Gasteiger charge is -2.13. The number of aryl methyl sites for hydroxylation is 2. The van der Waals surface area contributed by atoms with E-state index in [-0.39, 0.29) is 5.91 Å². The Balaban J connectivity index is 1.56. The van der Waals surface area contributed by atoms with Gasteiger partial charge in [-0.05, 0) is 48.6 Å². The third-order valence-electron chi connectivity index (χ3n) is 4.75. The highest BCUT2D eigenvalue weighted by Crippen LogP contribution is 2.23. The Morgan fingerprint density at radius 2 is 1.79 bits per heavy atom. The van der Waals surface area contributed by atoms with Gasteiger partial charge in [-0.25, -0.2) is 9.97 Å². The smallest absolute Gasteiger partial charge is 0.254 e. The van der Waals surface area contributed by atoms with Gasteiger partial charge in [0.2, 0.25) is 5.95 Å². The number of aromatic nitrogens is 2. The highest BCUT2D eigenvalue weighted by Gasteiger charge is 2.09. The first kappa shape index (κ1) is 20.3. The van der Waals surface area contributed by atoms with E-state index in [1.807, 2.05) is 43.3 Å². The molecule has 0 unspecified atom stereocenters. The average molecular weight is 390 g/mol. The number of carbonyl (C=O) groups is 1. The number of nitrogens with zero attached hydrogens (tertiary/aromatic N) is 2. The topological polar surface area (TPSA) is 76.1 Å². The highest BCUT2D eigenvalue weighted by molar-refractivity contribution is 5.93. The Morgan fingerprint density at radius 1 is 1.07 bits per heavy atom. The van der Waals surface area contributed by atoms with Crippen molar-refractivity contribution in [1.29, 1.82) is 0 Å². The number of amides is 1. The Morgan fingerprint density at radius 3 is 2.45 bits per heavy atom. The van der Waals surface area contributed by atoms with Crippen molar-refractivity contribution in [3.05, 3.63) is 77.1 Å². The summed E-state index contributed by atoms with van der Waals surface area (Å²) in [4.78, 5) is 20.9. The molecule has 2 aromatic carbocycles. The molecule has 0 spiro atoms. The zero-order valence-corrected chi connectivity index (χ0v) is 17.0. The molecule has 0 aliphatic heterocycles. The van der Waals surface area contributed by atoms with E-state index in [1.54, 1.807) is 19.5 Å². The van der Waals surface area contributed by atoms with E-state index in [9.17, 15) is 4.79 Å². The lowest BCUT2D eigenvalue weighted by molar-refractivity contribution is 0.0953. The van der Waals surface area contributed by atoms with Crippen LogP contribution < -0.4 is 15.4 Å². The fourth-order valence-corrected chi connectivity index (χ4v) is 3.04. The quantitative estimate of drug-likeness (QED) is 0.606. The molecular weight excluding hydrogens is 364 g/mol. The maximum absolute atomic E-state index is 12.3. The van der Waals surface area contributed by atoms with Gasteiger partial charge in [-0.3, -0.25) is 4.79 Å². The molecule has 150 valence electrons. The normalized spacial score (nSPS) is 10.4. The standard InChI is InChI=1S/C23H26N4O2/c1-4-18-7-5-6-16(2)21(18)27-23-25-14-19(15-26-23)22(28)24-13-12-17-8-10-20(29-3)11-9-17/h5-11,14-15H,4,12-13H2,1-3H3,(H,24,28)(H,25,26,27). The van der Waals surface area contributed by atoms with Gasteiger partial charge in [0.05, 0.1) is 12.7 Å². The molecule has 0 aliphatic rings. The van der Waals surface area contributed by atoms with E-state index in [0.29, 0.717) is 18.1 Å². The number of anilines is 2. The van der Waals surface area contributed by atoms with Crippen molar-refractivity contribution in [3.8, 4) is 5.75 Å². The summed E-state index contributed by atoms with van der Waals surface area (Å²) in [6.45, 7) is 4.69. The highest BCUT2D eigenvalue weighted by atomic mass is 16.5. The van der Waals surface area contributed by atoms with Gasteiger partial charge in [-0.15, -0.1) is 0 Å². The van der Waals surface area contributed by atoms with Crippen LogP contribution in [0, 0.1) is 6.92 Å². The molecule has 0 fully saturated rings. The van der Waals surface area contributed by atoms with E-state index in [4.69, 9.17) is 4.74 Å². The third-order valence-corrected chi connectivity index (χ3v) is 4.75. The monoisotopic (exact) mass is 390 g/mol. The predicted octanol–water partition coefficient (Wildman–Crippen LogP) is 4.07. The van der Waals surface area contributed by atoms with Crippen LogP contribution in [-0.2, 0) is 12.8 Å². The Hall–Kier alpha value is -3.41. The SMILES string of the molecule is CCc1cccc(C)c1Nc1ncc(C(=O)NCCc2ccc(OC)cc2)cn1. The summed E-state index contributed by atoms with van der Waals surface area (Å²) in [5, 5.41) is 6.17. The Labute approximate surface area is 171 Å². The summed E-state index contributed by atoms with van der Waals surface area (Å²) in [5.74, 6) is 1.11. The largest absolute Gasteiger partial charge is 0.497 e. The molecule has 0 saturated carbocycles. The molecular formula is C23H26N4O2. The van der Waals surface area contributed by atoms with Crippen LogP contribution in [0.5, 0.6) is 5.75 Å². The van der Waals surface area contributed by atoms with Crippen LogP contribution in [0.3, 0.4) is 0 Å². The van der Waals surface area contributed by atoms with Gasteiger partial charge in [0.15, 0.2) is 0 Å². The number of hydrogen-bond acceptors (Lipinski definition) is 5. The summed E-state index contributed by atoms with van der Waals surface area (Å²) in [6.07, 6.45) is 4.74. The molecule has 2 N–H and O–H groups in total. The third kappa shape index (κ3) is 5.31. The number of carbonyl (C=O) groups excluding carboxylic acids is 1. The lowest BCUT2D eigenvalue weighted by Crippen LogP contribution is -2.26. The van der Waals surface area contributed by atoms with E-state index in [0.717, 1.165) is 35.4 Å². The average Bonchev–Trinajstić information content (AvgIpc) is 2.76. The number of nitrogens with one attached hydrogen (secondary N) is 2. The van der Waals surface area contributed by atoms with Crippen molar-refractivity contribution in [3.63, 3.8) is 0 Å². The minimum absolute atomic E-state index is 0.185. The second-order valence-corrected chi connectivity index (χ2v) is 6.74. The van der Waals surface area contributed by atoms with Gasteiger partial charge >= 0.3 is 0 Å². The van der Waals surface area contributed by atoms with E-state index in [2.05, 4.69) is 33.6 Å². The van der Waals surface area contributed by atoms with E-state index >= 15 is 0 Å². The first-order chi connectivity index (χ1) is 14.1. The van der Waals surface area contributed by atoms with Gasteiger partial charge in [0.25, 0.3) is 5.91 Å². The van der Waals surface area contributed by atoms with Crippen molar-refractivity contribution in [2.75, 3.05) is 19.0 Å². The summed E-state index contributed by atoms with van der Waals surface area (Å²) >= 11 is 0. The molecule has 0 saturated heterocycles. The van der Waals surface area contributed by atoms with Crippen molar-refractivity contribution < 1.29 is 9.53 Å². The van der Waals surface area contributed by atoms with Crippen LogP contribution in [0.25, 0.3) is 0 Å². The minimum Gasteiger partial charge on any atom is -0.497 e. The number of ether oxygens (including phenoxy) is 1. The van der Waals surface area contributed by atoms with Crippen molar-refractivity contribution >= 4 is 17.5 Å². The molecule has 3 rings (SSSR count). The zero-order chi connectivity index (χ0) is 20.6. The summed E-state index contributed by atoms with van der Waals surface area (Å²) in [6, 6.07) is 14.0. The van der Waals surface area contributed by atoms with Gasteiger partial charge in [-0.1, -0.05) is 37.3 Å². The molecule has 3 aromatic rings.